The molecule has 0 aliphatic heterocycles. The summed E-state index contributed by atoms with van der Waals surface area (Å²) in [5.74, 6) is -1.87. The molecule has 0 aromatic heterocycles. The summed E-state index contributed by atoms with van der Waals surface area (Å²) in [4.78, 5) is 2.96. The molecule has 2 rings (SSSR count). The van der Waals surface area contributed by atoms with E-state index in [0.717, 1.165) is 6.07 Å². The van der Waals surface area contributed by atoms with E-state index in [9.17, 15) is 8.78 Å². The lowest BCUT2D eigenvalue weighted by Gasteiger charge is -2.08. The molecule has 0 amide bonds. The van der Waals surface area contributed by atoms with Gasteiger partial charge in [-0.2, -0.15) is 5.26 Å². The van der Waals surface area contributed by atoms with Crippen LogP contribution in [0.4, 0.5) is 14.5 Å². The first-order valence-electron chi connectivity index (χ1n) is 5.04. The fourth-order valence-electron chi connectivity index (χ4n) is 1.64. The fraction of sp³-hybridized carbons (Fsp3) is 0. The van der Waals surface area contributed by atoms with Crippen molar-refractivity contribution >= 4 is 5.69 Å². The predicted octanol–water partition coefficient (Wildman–Crippen LogP) is 4.05. The van der Waals surface area contributed by atoms with Gasteiger partial charge in [-0.25, -0.2) is 13.6 Å². The Bertz CT molecular complexity index is 641. The molecule has 0 saturated carbocycles. The van der Waals surface area contributed by atoms with Crippen molar-refractivity contribution in [3.63, 3.8) is 0 Å². The largest absolute Gasteiger partial charge is 0.235 e. The van der Waals surface area contributed by atoms with Crippen molar-refractivity contribution < 1.29 is 8.78 Å². The molecule has 0 aliphatic carbocycles. The van der Waals surface area contributed by atoms with E-state index in [4.69, 9.17) is 11.8 Å². The van der Waals surface area contributed by atoms with Crippen molar-refractivity contribution in [1.29, 1.82) is 5.26 Å². The number of nitriles is 1. The van der Waals surface area contributed by atoms with Gasteiger partial charge in [0.25, 0.3) is 0 Å². The first-order valence-corrected chi connectivity index (χ1v) is 5.04. The summed E-state index contributed by atoms with van der Waals surface area (Å²) in [7, 11) is 0. The van der Waals surface area contributed by atoms with E-state index in [2.05, 4.69) is 4.85 Å². The predicted molar refractivity (Wildman–Crippen MR) is 62.8 cm³/mol. The monoisotopic (exact) mass is 240 g/mol. The molecular weight excluding hydrogens is 234 g/mol. The Labute approximate surface area is 103 Å². The third-order valence-corrected chi connectivity index (χ3v) is 2.48. The van der Waals surface area contributed by atoms with Crippen molar-refractivity contribution in [2.45, 2.75) is 0 Å². The highest BCUT2D eigenvalue weighted by atomic mass is 19.1. The summed E-state index contributed by atoms with van der Waals surface area (Å²) >= 11 is 0. The molecule has 0 unspecified atom stereocenters. The fourth-order valence-corrected chi connectivity index (χ4v) is 1.64. The van der Waals surface area contributed by atoms with Crippen LogP contribution in [-0.2, 0) is 0 Å². The summed E-state index contributed by atoms with van der Waals surface area (Å²) in [6, 6.07) is 10.6. The lowest BCUT2D eigenvalue weighted by atomic mass is 10.0. The number of hydrogen-bond acceptors (Lipinski definition) is 1. The van der Waals surface area contributed by atoms with E-state index >= 15 is 0 Å². The Balaban J connectivity index is 2.83. The lowest BCUT2D eigenvalue weighted by molar-refractivity contribution is 0.591. The summed E-state index contributed by atoms with van der Waals surface area (Å²) < 4.78 is 27.9. The van der Waals surface area contributed by atoms with Crippen LogP contribution >= 0.6 is 0 Å². The molecule has 0 saturated heterocycles. The van der Waals surface area contributed by atoms with E-state index in [0.29, 0.717) is 5.56 Å². The zero-order chi connectivity index (χ0) is 13.1. The Morgan fingerprint density at radius 1 is 1.11 bits per heavy atom. The van der Waals surface area contributed by atoms with E-state index in [1.807, 2.05) is 0 Å². The lowest BCUT2D eigenvalue weighted by Crippen LogP contribution is -1.94. The molecule has 0 fully saturated rings. The van der Waals surface area contributed by atoms with Crippen LogP contribution in [0.1, 0.15) is 5.56 Å². The molecule has 0 spiro atoms. The highest BCUT2D eigenvalue weighted by Crippen LogP contribution is 2.33. The minimum Gasteiger partial charge on any atom is -0.235 e. The van der Waals surface area contributed by atoms with Gasteiger partial charge in [-0.05, 0) is 11.6 Å². The van der Waals surface area contributed by atoms with Crippen molar-refractivity contribution in [2.75, 3.05) is 0 Å². The second-order valence-corrected chi connectivity index (χ2v) is 3.54. The van der Waals surface area contributed by atoms with Crippen molar-refractivity contribution in [2.24, 2.45) is 0 Å². The molecule has 2 aromatic carbocycles. The van der Waals surface area contributed by atoms with Crippen LogP contribution in [0, 0.1) is 29.5 Å². The third kappa shape index (κ3) is 1.81. The quantitative estimate of drug-likeness (QED) is 0.691. The average molecular weight is 240 g/mol. The maximum atomic E-state index is 14.0. The minimum absolute atomic E-state index is 0.300. The smallest absolute Gasteiger partial charge is 0.224 e. The zero-order valence-corrected chi connectivity index (χ0v) is 9.11. The van der Waals surface area contributed by atoms with E-state index in [1.54, 1.807) is 24.3 Å². The Hall–Kier alpha value is -2.72. The van der Waals surface area contributed by atoms with Crippen molar-refractivity contribution in [3.8, 4) is 17.2 Å². The molecule has 0 heterocycles. The van der Waals surface area contributed by atoms with E-state index in [1.165, 1.54) is 12.1 Å². The first-order chi connectivity index (χ1) is 8.69. The van der Waals surface area contributed by atoms with Crippen LogP contribution in [0.5, 0.6) is 0 Å². The van der Waals surface area contributed by atoms with Crippen LogP contribution in [-0.4, -0.2) is 0 Å². The molecule has 2 aromatic rings. The van der Waals surface area contributed by atoms with Gasteiger partial charge in [0.05, 0.1) is 12.1 Å². The first kappa shape index (κ1) is 11.8. The molecule has 0 bridgehead atoms. The van der Waals surface area contributed by atoms with E-state index < -0.39 is 11.6 Å². The van der Waals surface area contributed by atoms with Gasteiger partial charge in [0, 0.05) is 5.56 Å². The van der Waals surface area contributed by atoms with Gasteiger partial charge in [-0.1, -0.05) is 30.3 Å². The molecule has 0 N–H and O–H groups in total. The van der Waals surface area contributed by atoms with Gasteiger partial charge in [0.15, 0.2) is 0 Å². The maximum absolute atomic E-state index is 14.0. The van der Waals surface area contributed by atoms with Crippen LogP contribution in [0.15, 0.2) is 36.4 Å². The highest BCUT2D eigenvalue weighted by molar-refractivity contribution is 5.72. The molecule has 0 atom stereocenters. The van der Waals surface area contributed by atoms with Crippen LogP contribution in [0.2, 0.25) is 0 Å². The summed E-state index contributed by atoms with van der Waals surface area (Å²) in [5.41, 5.74) is -0.719. The van der Waals surface area contributed by atoms with Gasteiger partial charge < -0.3 is 0 Å². The topological polar surface area (TPSA) is 28.1 Å². The molecule has 86 valence electrons. The van der Waals surface area contributed by atoms with Gasteiger partial charge >= 0.3 is 0 Å². The van der Waals surface area contributed by atoms with Crippen LogP contribution < -0.4 is 0 Å². The number of rotatable bonds is 1. The normalized spacial score (nSPS) is 9.56. The second-order valence-electron chi connectivity index (χ2n) is 3.54. The Morgan fingerprint density at radius 2 is 1.78 bits per heavy atom. The maximum Gasteiger partial charge on any atom is 0.224 e. The average Bonchev–Trinajstić information content (AvgIpc) is 2.40. The Morgan fingerprint density at radius 3 is 2.33 bits per heavy atom. The number of benzene rings is 2. The van der Waals surface area contributed by atoms with Gasteiger partial charge in [-0.15, -0.1) is 0 Å². The summed E-state index contributed by atoms with van der Waals surface area (Å²) in [5, 5.41) is 8.79. The highest BCUT2D eigenvalue weighted by Gasteiger charge is 2.19. The SMILES string of the molecule is [C-]#[N+]c1cc(C#N)c(F)c(-c2ccccc2)c1F. The van der Waals surface area contributed by atoms with Crippen molar-refractivity contribution in [1.82, 2.24) is 0 Å². The minimum atomic E-state index is -0.937. The van der Waals surface area contributed by atoms with Gasteiger partial charge in [0.1, 0.15) is 17.7 Å². The third-order valence-electron chi connectivity index (χ3n) is 2.48. The van der Waals surface area contributed by atoms with Gasteiger partial charge in [0.2, 0.25) is 5.69 Å². The van der Waals surface area contributed by atoms with Crippen molar-refractivity contribution in [3.05, 3.63) is 65.0 Å². The summed E-state index contributed by atoms with van der Waals surface area (Å²) in [6.07, 6.45) is 0. The summed E-state index contributed by atoms with van der Waals surface area (Å²) in [6.45, 7) is 6.84. The second kappa shape index (κ2) is 4.65. The van der Waals surface area contributed by atoms with E-state index in [-0.39, 0.29) is 16.8 Å². The molecule has 0 radical (unpaired) electrons. The molecule has 18 heavy (non-hydrogen) atoms. The number of hydrogen-bond donors (Lipinski definition) is 0. The molecule has 4 heteroatoms. The number of nitrogens with zero attached hydrogens (tertiary/aromatic N) is 2. The zero-order valence-electron chi connectivity index (χ0n) is 9.11. The van der Waals surface area contributed by atoms with Crippen LogP contribution in [0.3, 0.4) is 0 Å². The molecular formula is C14H6F2N2. The number of halogens is 2. The molecule has 2 nitrogen and oxygen atoms in total. The molecule has 0 aliphatic rings. The van der Waals surface area contributed by atoms with Gasteiger partial charge in [-0.3, -0.25) is 0 Å². The van der Waals surface area contributed by atoms with Crippen LogP contribution in [0.25, 0.3) is 16.0 Å². The standard InChI is InChI=1S/C14H6F2N2/c1-18-11-7-10(8-17)13(15)12(14(11)16)9-5-3-2-4-6-9/h2-7H. The Kier molecular flexibility index (Phi) is 3.03.